The van der Waals surface area contributed by atoms with Crippen molar-refractivity contribution in [3.63, 3.8) is 0 Å². The highest BCUT2D eigenvalue weighted by Crippen LogP contribution is 2.49. The first-order valence-corrected chi connectivity index (χ1v) is 8.56. The van der Waals surface area contributed by atoms with Crippen LogP contribution >= 0.6 is 0 Å². The van der Waals surface area contributed by atoms with Crippen LogP contribution in [0.25, 0.3) is 22.4 Å². The Bertz CT molecular complexity index is 1020. The van der Waals surface area contributed by atoms with Crippen LogP contribution in [0.3, 0.4) is 0 Å². The molecule has 3 N–H and O–H groups in total. The van der Waals surface area contributed by atoms with Gasteiger partial charge in [-0.3, -0.25) is 9.59 Å². The second-order valence-corrected chi connectivity index (χ2v) is 6.96. The molecular formula is C20H19N3O3. The zero-order valence-corrected chi connectivity index (χ0v) is 14.4. The Hall–Kier alpha value is -3.15. The van der Waals surface area contributed by atoms with Crippen LogP contribution in [0.15, 0.2) is 42.5 Å². The Morgan fingerprint density at radius 3 is 2.73 bits per heavy atom. The van der Waals surface area contributed by atoms with Crippen molar-refractivity contribution >= 4 is 28.6 Å². The summed E-state index contributed by atoms with van der Waals surface area (Å²) in [4.78, 5) is 31.6. The number of nitrogens with zero attached hydrogens (tertiary/aromatic N) is 1. The van der Waals surface area contributed by atoms with Gasteiger partial charge in [-0.1, -0.05) is 18.2 Å². The first-order valence-electron chi connectivity index (χ1n) is 8.56. The van der Waals surface area contributed by atoms with Gasteiger partial charge in [-0.2, -0.15) is 0 Å². The Balaban J connectivity index is 1.62. The molecule has 26 heavy (non-hydrogen) atoms. The van der Waals surface area contributed by atoms with Crippen molar-refractivity contribution in [1.29, 1.82) is 0 Å². The number of H-pyrrole nitrogens is 1. The second kappa shape index (κ2) is 5.98. The molecule has 0 unspecified atom stereocenters. The normalized spacial score (nSPS) is 15.0. The molecule has 6 heteroatoms. The highest BCUT2D eigenvalue weighted by Gasteiger charge is 2.51. The maximum atomic E-state index is 12.4. The molecule has 132 valence electrons. The first kappa shape index (κ1) is 16.3. The lowest BCUT2D eigenvalue weighted by Crippen LogP contribution is -2.23. The van der Waals surface area contributed by atoms with E-state index in [1.54, 1.807) is 6.07 Å². The van der Waals surface area contributed by atoms with E-state index in [1.807, 2.05) is 43.3 Å². The van der Waals surface area contributed by atoms with Gasteiger partial charge in [0, 0.05) is 12.0 Å². The molecule has 1 amide bonds. The number of fused-ring (bicyclic) bond motifs is 1. The number of carboxylic acid groups (broad SMARTS) is 1. The quantitative estimate of drug-likeness (QED) is 0.654. The van der Waals surface area contributed by atoms with E-state index < -0.39 is 11.4 Å². The van der Waals surface area contributed by atoms with Gasteiger partial charge in [0.1, 0.15) is 5.82 Å². The summed E-state index contributed by atoms with van der Waals surface area (Å²) in [5.41, 5.74) is 3.44. The van der Waals surface area contributed by atoms with Gasteiger partial charge in [0.2, 0.25) is 5.91 Å². The molecule has 0 atom stereocenters. The molecule has 1 aliphatic carbocycles. The van der Waals surface area contributed by atoms with Gasteiger partial charge in [0.25, 0.3) is 0 Å². The summed E-state index contributed by atoms with van der Waals surface area (Å²) in [5, 5.41) is 12.1. The van der Waals surface area contributed by atoms with Crippen molar-refractivity contribution in [2.24, 2.45) is 5.41 Å². The third-order valence-electron chi connectivity index (χ3n) is 4.90. The Labute approximate surface area is 150 Å². The molecule has 1 fully saturated rings. The highest BCUT2D eigenvalue weighted by atomic mass is 16.4. The predicted molar refractivity (Wildman–Crippen MR) is 98.8 cm³/mol. The van der Waals surface area contributed by atoms with E-state index in [-0.39, 0.29) is 12.3 Å². The van der Waals surface area contributed by atoms with Gasteiger partial charge < -0.3 is 15.4 Å². The lowest BCUT2D eigenvalue weighted by Gasteiger charge is -2.12. The topological polar surface area (TPSA) is 95.1 Å². The lowest BCUT2D eigenvalue weighted by atomic mass is 10.0. The number of carbonyl (C=O) groups excluding carboxylic acids is 1. The molecule has 1 aliphatic rings. The molecular weight excluding hydrogens is 330 g/mol. The Morgan fingerprint density at radius 2 is 2.00 bits per heavy atom. The number of carbonyl (C=O) groups is 2. The number of benzene rings is 2. The number of para-hydroxylation sites is 1. The molecule has 0 spiro atoms. The number of rotatable bonds is 5. The number of nitrogens with one attached hydrogen (secondary N) is 2. The minimum Gasteiger partial charge on any atom is -0.481 e. The zero-order valence-electron chi connectivity index (χ0n) is 14.4. The van der Waals surface area contributed by atoms with E-state index in [0.717, 1.165) is 22.2 Å². The smallest absolute Gasteiger partial charge is 0.310 e. The zero-order chi connectivity index (χ0) is 18.3. The molecule has 0 aliphatic heterocycles. The molecule has 1 heterocycles. The molecule has 3 aromatic rings. The van der Waals surface area contributed by atoms with Crippen molar-refractivity contribution in [2.75, 3.05) is 5.32 Å². The van der Waals surface area contributed by atoms with Gasteiger partial charge in [-0.25, -0.2) is 4.98 Å². The molecule has 4 rings (SSSR count). The fraction of sp³-hybridized carbons (Fsp3) is 0.250. The second-order valence-electron chi connectivity index (χ2n) is 6.96. The summed E-state index contributed by atoms with van der Waals surface area (Å²) < 4.78 is 0. The van der Waals surface area contributed by atoms with Crippen molar-refractivity contribution in [1.82, 2.24) is 9.97 Å². The van der Waals surface area contributed by atoms with E-state index in [4.69, 9.17) is 0 Å². The van der Waals surface area contributed by atoms with Gasteiger partial charge in [0.05, 0.1) is 22.1 Å². The maximum Gasteiger partial charge on any atom is 0.310 e. The van der Waals surface area contributed by atoms with Gasteiger partial charge in [0.15, 0.2) is 0 Å². The third kappa shape index (κ3) is 2.94. The predicted octanol–water partition coefficient (Wildman–Crippen LogP) is 3.73. The van der Waals surface area contributed by atoms with Crippen LogP contribution in [-0.4, -0.2) is 27.0 Å². The van der Waals surface area contributed by atoms with Gasteiger partial charge in [-0.05, 0) is 49.6 Å². The largest absolute Gasteiger partial charge is 0.481 e. The summed E-state index contributed by atoms with van der Waals surface area (Å²) in [6.07, 6.45) is 1.11. The minimum absolute atomic E-state index is 0.00398. The molecule has 0 saturated heterocycles. The summed E-state index contributed by atoms with van der Waals surface area (Å²) in [6.45, 7) is 2.02. The Morgan fingerprint density at radius 1 is 1.23 bits per heavy atom. The minimum atomic E-state index is -0.895. The number of aromatic amines is 1. The average molecular weight is 349 g/mol. The average Bonchev–Trinajstić information content (AvgIpc) is 3.26. The summed E-state index contributed by atoms with van der Waals surface area (Å²) >= 11 is 0. The number of aliphatic carboxylic acids is 1. The van der Waals surface area contributed by atoms with Crippen LogP contribution in [0.4, 0.5) is 5.69 Å². The number of amides is 1. The Kier molecular flexibility index (Phi) is 3.76. The van der Waals surface area contributed by atoms with Crippen LogP contribution in [0.2, 0.25) is 0 Å². The molecule has 1 saturated carbocycles. The number of carboxylic acids is 1. The van der Waals surface area contributed by atoms with Crippen molar-refractivity contribution < 1.29 is 14.7 Å². The van der Waals surface area contributed by atoms with E-state index in [9.17, 15) is 14.7 Å². The summed E-state index contributed by atoms with van der Waals surface area (Å²) in [5.74, 6) is -0.515. The van der Waals surface area contributed by atoms with Crippen molar-refractivity contribution in [3.8, 4) is 11.4 Å². The van der Waals surface area contributed by atoms with Crippen molar-refractivity contribution in [3.05, 3.63) is 48.0 Å². The van der Waals surface area contributed by atoms with E-state index >= 15 is 0 Å². The maximum absolute atomic E-state index is 12.4. The van der Waals surface area contributed by atoms with Crippen molar-refractivity contribution in [2.45, 2.75) is 26.2 Å². The summed E-state index contributed by atoms with van der Waals surface area (Å²) in [6, 6.07) is 13.4. The molecule has 1 aromatic heterocycles. The lowest BCUT2D eigenvalue weighted by molar-refractivity contribution is -0.145. The number of anilines is 1. The van der Waals surface area contributed by atoms with Crippen LogP contribution in [0, 0.1) is 12.3 Å². The van der Waals surface area contributed by atoms with E-state index in [1.165, 1.54) is 0 Å². The fourth-order valence-electron chi connectivity index (χ4n) is 3.17. The van der Waals surface area contributed by atoms with E-state index in [2.05, 4.69) is 15.3 Å². The standard InChI is InChI=1S/C20H19N3O3/c1-12-6-7-15-16(10-12)23-18(22-15)13-4-2-3-5-14(13)21-17(24)11-20(8-9-20)19(25)26/h2-7,10H,8-9,11H2,1H3,(H,21,24)(H,22,23)(H,25,26). The summed E-state index contributed by atoms with van der Waals surface area (Å²) in [7, 11) is 0. The molecule has 0 bridgehead atoms. The highest BCUT2D eigenvalue weighted by molar-refractivity contribution is 5.98. The monoisotopic (exact) mass is 349 g/mol. The number of hydrogen-bond donors (Lipinski definition) is 3. The number of aromatic nitrogens is 2. The number of hydrogen-bond acceptors (Lipinski definition) is 3. The van der Waals surface area contributed by atoms with E-state index in [0.29, 0.717) is 24.4 Å². The fourth-order valence-corrected chi connectivity index (χ4v) is 3.17. The molecule has 0 radical (unpaired) electrons. The van der Waals surface area contributed by atoms with Crippen LogP contribution < -0.4 is 5.32 Å². The number of imidazole rings is 1. The van der Waals surface area contributed by atoms with Crippen LogP contribution in [-0.2, 0) is 9.59 Å². The molecule has 6 nitrogen and oxygen atoms in total. The SMILES string of the molecule is Cc1ccc2nc(-c3ccccc3NC(=O)CC3(C(=O)O)CC3)[nH]c2c1. The van der Waals surface area contributed by atoms with Gasteiger partial charge in [-0.15, -0.1) is 0 Å². The first-order chi connectivity index (χ1) is 12.5. The van der Waals surface area contributed by atoms with Crippen LogP contribution in [0.5, 0.6) is 0 Å². The third-order valence-corrected chi connectivity index (χ3v) is 4.90. The molecule has 2 aromatic carbocycles. The number of aryl methyl sites for hydroxylation is 1. The van der Waals surface area contributed by atoms with Crippen LogP contribution in [0.1, 0.15) is 24.8 Å². The van der Waals surface area contributed by atoms with Gasteiger partial charge >= 0.3 is 5.97 Å².